The van der Waals surface area contributed by atoms with E-state index in [0.717, 1.165) is 77.0 Å². The first-order valence-corrected chi connectivity index (χ1v) is 21.6. The fourth-order valence-electron chi connectivity index (χ4n) is 4.80. The molecule has 0 aromatic carbocycles. The molecule has 0 heterocycles. The number of aliphatic carboxylic acids is 1. The molecule has 0 aromatic rings. The summed E-state index contributed by atoms with van der Waals surface area (Å²) in [5, 5.41) is 21.7. The highest BCUT2D eigenvalue weighted by molar-refractivity contribution is 7.47. The average Bonchev–Trinajstić information content (AvgIpc) is 3.16. The number of ether oxygens (including phenoxy) is 1. The van der Waals surface area contributed by atoms with Crippen LogP contribution in [-0.4, -0.2) is 64.9 Å². The van der Waals surface area contributed by atoms with Gasteiger partial charge >= 0.3 is 19.8 Å². The van der Waals surface area contributed by atoms with Crippen molar-refractivity contribution < 1.29 is 47.8 Å². The highest BCUT2D eigenvalue weighted by atomic mass is 31.2. The molecule has 0 radical (unpaired) electrons. The number of aliphatic hydroxyl groups is 1. The minimum atomic E-state index is -4.77. The molecule has 3 unspecified atom stereocenters. The van der Waals surface area contributed by atoms with Crippen molar-refractivity contribution in [2.75, 3.05) is 19.8 Å². The third-order valence-corrected chi connectivity index (χ3v) is 8.88. The number of hydrogen-bond donors (Lipinski definition) is 4. The summed E-state index contributed by atoms with van der Waals surface area (Å²) in [6.07, 6.45) is 44.9. The Kier molecular flexibility index (Phi) is 35.3. The lowest BCUT2D eigenvalue weighted by Gasteiger charge is -2.18. The summed E-state index contributed by atoms with van der Waals surface area (Å²) in [4.78, 5) is 45.7. The summed E-state index contributed by atoms with van der Waals surface area (Å²) in [6.45, 7) is 2.33. The van der Waals surface area contributed by atoms with Crippen LogP contribution in [0, 0.1) is 0 Å². The number of carboxylic acids is 1. The number of aliphatic hydroxyl groups excluding tert-OH is 1. The maximum atomic E-state index is 12.2. The number of allylic oxidation sites excluding steroid dienone is 14. The number of amides is 1. The molecule has 1 amide bonds. The van der Waals surface area contributed by atoms with Gasteiger partial charge in [-0.25, -0.2) is 9.36 Å². The number of carbonyl (C=O) groups is 3. The minimum absolute atomic E-state index is 0.0940. The van der Waals surface area contributed by atoms with Crippen molar-refractivity contribution in [1.82, 2.24) is 5.32 Å². The molecule has 0 bridgehead atoms. The summed E-state index contributed by atoms with van der Waals surface area (Å²) in [7, 11) is -4.77. The SMILES string of the molecule is CC/C=C\C/C=C\C/C=C\C/C=C\C/C=C\C/C=C\CCC(=O)OCC(O)COP(=O)(O)OCC(NC(=O)CCCCCCC/C=C\CCCCC)C(=O)O. The van der Waals surface area contributed by atoms with E-state index in [9.17, 15) is 34.1 Å². The molecule has 0 spiro atoms. The van der Waals surface area contributed by atoms with Crippen LogP contribution in [-0.2, 0) is 32.7 Å². The highest BCUT2D eigenvalue weighted by Gasteiger charge is 2.28. The van der Waals surface area contributed by atoms with Gasteiger partial charge in [0, 0.05) is 12.8 Å². The molecular weight excluding hydrogens is 721 g/mol. The van der Waals surface area contributed by atoms with Crippen molar-refractivity contribution in [3.05, 3.63) is 85.1 Å². The van der Waals surface area contributed by atoms with Gasteiger partial charge in [0.05, 0.1) is 13.2 Å². The van der Waals surface area contributed by atoms with Gasteiger partial charge < -0.3 is 25.2 Å². The van der Waals surface area contributed by atoms with Gasteiger partial charge in [0.25, 0.3) is 0 Å². The molecule has 11 nitrogen and oxygen atoms in total. The predicted molar refractivity (Wildman–Crippen MR) is 221 cm³/mol. The molecular formula is C43H70NO10P. The zero-order valence-electron chi connectivity index (χ0n) is 33.4. The van der Waals surface area contributed by atoms with E-state index in [1.165, 1.54) is 19.3 Å². The lowest BCUT2D eigenvalue weighted by Crippen LogP contribution is -2.43. The summed E-state index contributed by atoms with van der Waals surface area (Å²) in [5.74, 6) is -2.49. The van der Waals surface area contributed by atoms with Gasteiger partial charge in [-0.15, -0.1) is 0 Å². The van der Waals surface area contributed by atoms with Crippen LogP contribution in [0.1, 0.15) is 136 Å². The van der Waals surface area contributed by atoms with E-state index < -0.39 is 57.6 Å². The molecule has 3 atom stereocenters. The van der Waals surface area contributed by atoms with Gasteiger partial charge in [-0.05, 0) is 77.0 Å². The molecule has 0 saturated heterocycles. The van der Waals surface area contributed by atoms with E-state index >= 15 is 0 Å². The lowest BCUT2D eigenvalue weighted by molar-refractivity contribution is -0.147. The van der Waals surface area contributed by atoms with E-state index in [4.69, 9.17) is 13.8 Å². The minimum Gasteiger partial charge on any atom is -0.480 e. The first-order chi connectivity index (χ1) is 26.6. The monoisotopic (exact) mass is 791 g/mol. The molecule has 12 heteroatoms. The first kappa shape index (κ1) is 51.7. The van der Waals surface area contributed by atoms with Gasteiger partial charge in [0.2, 0.25) is 5.91 Å². The van der Waals surface area contributed by atoms with Crippen molar-refractivity contribution in [2.45, 2.75) is 148 Å². The van der Waals surface area contributed by atoms with Gasteiger partial charge in [0.15, 0.2) is 6.04 Å². The molecule has 55 heavy (non-hydrogen) atoms. The number of nitrogens with one attached hydrogen (secondary N) is 1. The topological polar surface area (TPSA) is 169 Å². The van der Waals surface area contributed by atoms with Crippen molar-refractivity contribution in [2.24, 2.45) is 0 Å². The highest BCUT2D eigenvalue weighted by Crippen LogP contribution is 2.43. The molecule has 0 fully saturated rings. The number of carbonyl (C=O) groups excluding carboxylic acids is 2. The van der Waals surface area contributed by atoms with Crippen LogP contribution in [0.5, 0.6) is 0 Å². The average molecular weight is 792 g/mol. The van der Waals surface area contributed by atoms with Gasteiger partial charge in [-0.2, -0.15) is 0 Å². The van der Waals surface area contributed by atoms with E-state index in [2.05, 4.69) is 86.0 Å². The number of unbranched alkanes of at least 4 members (excludes halogenated alkanes) is 8. The quantitative estimate of drug-likeness (QED) is 0.0207. The Balaban J connectivity index is 4.06. The smallest absolute Gasteiger partial charge is 0.472 e. The number of phosphoric ester groups is 1. The largest absolute Gasteiger partial charge is 0.480 e. The van der Waals surface area contributed by atoms with Crippen LogP contribution in [0.25, 0.3) is 0 Å². The fourth-order valence-corrected chi connectivity index (χ4v) is 5.58. The number of phosphoric acid groups is 1. The zero-order valence-corrected chi connectivity index (χ0v) is 34.3. The van der Waals surface area contributed by atoms with Crippen molar-refractivity contribution in [1.29, 1.82) is 0 Å². The second-order valence-corrected chi connectivity index (χ2v) is 14.5. The third-order valence-electron chi connectivity index (χ3n) is 7.93. The molecule has 0 aromatic heterocycles. The second-order valence-electron chi connectivity index (χ2n) is 13.1. The van der Waals surface area contributed by atoms with Gasteiger partial charge in [-0.3, -0.25) is 18.6 Å². The van der Waals surface area contributed by atoms with Crippen molar-refractivity contribution >= 4 is 25.7 Å². The van der Waals surface area contributed by atoms with Crippen molar-refractivity contribution in [3.8, 4) is 0 Å². The van der Waals surface area contributed by atoms with E-state index in [1.54, 1.807) is 0 Å². The number of carboxylic acid groups (broad SMARTS) is 1. The maximum Gasteiger partial charge on any atom is 0.472 e. The Morgan fingerprint density at radius 3 is 1.62 bits per heavy atom. The molecule has 0 saturated carbocycles. The van der Waals surface area contributed by atoms with Crippen LogP contribution in [0.4, 0.5) is 0 Å². The van der Waals surface area contributed by atoms with Gasteiger partial charge in [0.1, 0.15) is 12.7 Å². The summed E-state index contributed by atoms with van der Waals surface area (Å²) < 4.78 is 26.7. The van der Waals surface area contributed by atoms with E-state index in [0.29, 0.717) is 12.8 Å². The lowest BCUT2D eigenvalue weighted by atomic mass is 10.1. The fraction of sp³-hybridized carbons (Fsp3) is 0.605. The summed E-state index contributed by atoms with van der Waals surface area (Å²) in [6, 6.07) is -1.56. The number of rotatable bonds is 36. The van der Waals surface area contributed by atoms with E-state index in [1.807, 2.05) is 18.2 Å². The number of hydrogen-bond acceptors (Lipinski definition) is 8. The Hall–Kier alpha value is -3.34. The van der Waals surface area contributed by atoms with Crippen LogP contribution in [0.3, 0.4) is 0 Å². The molecule has 312 valence electrons. The zero-order chi connectivity index (χ0) is 40.7. The molecule has 0 rings (SSSR count). The van der Waals surface area contributed by atoms with Gasteiger partial charge in [-0.1, -0.05) is 131 Å². The van der Waals surface area contributed by atoms with E-state index in [-0.39, 0.29) is 12.8 Å². The molecule has 0 aliphatic rings. The normalized spacial score (nSPS) is 14.7. The molecule has 4 N–H and O–H groups in total. The van der Waals surface area contributed by atoms with Crippen molar-refractivity contribution in [3.63, 3.8) is 0 Å². The van der Waals surface area contributed by atoms with Crippen LogP contribution in [0.2, 0.25) is 0 Å². The summed E-state index contributed by atoms with van der Waals surface area (Å²) >= 11 is 0. The van der Waals surface area contributed by atoms with Crippen LogP contribution in [0.15, 0.2) is 85.1 Å². The number of esters is 1. The Labute approximate surface area is 331 Å². The summed E-state index contributed by atoms with van der Waals surface area (Å²) in [5.41, 5.74) is 0. The van der Waals surface area contributed by atoms with Crippen LogP contribution >= 0.6 is 7.82 Å². The standard InChI is InChI=1S/C43H70NO10P/c1-3-5-7-9-11-13-15-17-18-19-20-21-22-23-25-27-29-31-33-35-42(47)52-36-39(45)37-53-55(50,51)54-38-40(43(48)49)44-41(46)34-32-30-28-26-24-16-14-12-10-8-6-4-2/h5,7,11-14,17-18,20-21,23,25,29,31,39-40,45H,3-4,6,8-10,15-16,19,22,24,26-28,30,32-38H2,1-2H3,(H,44,46)(H,48,49)(H,50,51)/b7-5-,13-11-,14-12-,18-17-,21-20-,25-23-,31-29-. The molecule has 0 aliphatic carbocycles. The third kappa shape index (κ3) is 37.4. The molecule has 0 aliphatic heterocycles. The Bertz CT molecular complexity index is 1250. The first-order valence-electron chi connectivity index (χ1n) is 20.1. The second kappa shape index (κ2) is 37.6. The van der Waals surface area contributed by atoms with Crippen LogP contribution < -0.4 is 5.32 Å². The predicted octanol–water partition coefficient (Wildman–Crippen LogP) is 9.94. The Morgan fingerprint density at radius 1 is 0.600 bits per heavy atom. The Morgan fingerprint density at radius 2 is 1.07 bits per heavy atom. The maximum absolute atomic E-state index is 12.2.